The van der Waals surface area contributed by atoms with Crippen LogP contribution in [0.5, 0.6) is 5.75 Å². The van der Waals surface area contributed by atoms with Crippen molar-refractivity contribution in [3.8, 4) is 5.75 Å². The lowest BCUT2D eigenvalue weighted by Crippen LogP contribution is -2.09. The summed E-state index contributed by atoms with van der Waals surface area (Å²) in [7, 11) is 0. The van der Waals surface area contributed by atoms with Crippen LogP contribution >= 0.6 is 11.6 Å². The van der Waals surface area contributed by atoms with Gasteiger partial charge in [-0.2, -0.15) is 0 Å². The van der Waals surface area contributed by atoms with Crippen LogP contribution in [0.2, 0.25) is 5.02 Å². The fourth-order valence-corrected chi connectivity index (χ4v) is 2.61. The number of aliphatic hydroxyl groups excluding tert-OH is 1. The second-order valence-electron chi connectivity index (χ2n) is 4.90. The predicted molar refractivity (Wildman–Crippen MR) is 75.7 cm³/mol. The minimum atomic E-state index is -0.819. The minimum Gasteiger partial charge on any atom is -0.493 e. The van der Waals surface area contributed by atoms with Crippen LogP contribution < -0.4 is 4.74 Å². The molecular formula is C16H14ClFO2. The third kappa shape index (κ3) is 2.51. The number of aliphatic hydroxyl groups is 1. The molecule has 2 aromatic carbocycles. The molecule has 0 saturated carbocycles. The van der Waals surface area contributed by atoms with Gasteiger partial charge in [0.15, 0.2) is 0 Å². The smallest absolute Gasteiger partial charge is 0.141 e. The van der Waals surface area contributed by atoms with Crippen molar-refractivity contribution in [2.45, 2.75) is 18.9 Å². The van der Waals surface area contributed by atoms with E-state index in [-0.39, 0.29) is 5.02 Å². The standard InChI is InChI=1S/C16H14ClFO2/c17-13-9-12(3-5-14(13)18)16(19)11-4-6-15-10(8-11)2-1-7-20-15/h3-6,8-9,16,19H,1-2,7H2. The topological polar surface area (TPSA) is 29.5 Å². The fraction of sp³-hybridized carbons (Fsp3) is 0.250. The lowest BCUT2D eigenvalue weighted by molar-refractivity contribution is 0.219. The molecule has 3 rings (SSSR count). The van der Waals surface area contributed by atoms with E-state index in [0.29, 0.717) is 5.56 Å². The monoisotopic (exact) mass is 292 g/mol. The number of fused-ring (bicyclic) bond motifs is 1. The van der Waals surface area contributed by atoms with Gasteiger partial charge >= 0.3 is 0 Å². The van der Waals surface area contributed by atoms with Crippen LogP contribution in [0.3, 0.4) is 0 Å². The molecule has 1 unspecified atom stereocenters. The number of rotatable bonds is 2. The van der Waals surface area contributed by atoms with Crippen LogP contribution in [0.15, 0.2) is 36.4 Å². The Labute approximate surface area is 121 Å². The summed E-state index contributed by atoms with van der Waals surface area (Å²) in [6, 6.07) is 9.91. The van der Waals surface area contributed by atoms with Crippen molar-refractivity contribution < 1.29 is 14.2 Å². The third-order valence-electron chi connectivity index (χ3n) is 3.51. The largest absolute Gasteiger partial charge is 0.493 e. The molecule has 0 aliphatic carbocycles. The Morgan fingerprint density at radius 2 is 1.90 bits per heavy atom. The van der Waals surface area contributed by atoms with Crippen molar-refractivity contribution in [1.82, 2.24) is 0 Å². The van der Waals surface area contributed by atoms with E-state index in [2.05, 4.69) is 0 Å². The van der Waals surface area contributed by atoms with Crippen LogP contribution in [0, 0.1) is 5.82 Å². The van der Waals surface area contributed by atoms with Crippen LogP contribution in [0.25, 0.3) is 0 Å². The molecule has 20 heavy (non-hydrogen) atoms. The van der Waals surface area contributed by atoms with Gasteiger partial charge in [-0.25, -0.2) is 4.39 Å². The fourth-order valence-electron chi connectivity index (χ4n) is 2.43. The molecule has 0 fully saturated rings. The summed E-state index contributed by atoms with van der Waals surface area (Å²) in [5.41, 5.74) is 2.44. The van der Waals surface area contributed by atoms with Crippen molar-refractivity contribution in [3.63, 3.8) is 0 Å². The predicted octanol–water partition coefficient (Wildman–Crippen LogP) is 3.89. The maximum absolute atomic E-state index is 13.2. The summed E-state index contributed by atoms with van der Waals surface area (Å²) >= 11 is 5.75. The minimum absolute atomic E-state index is 0.0165. The lowest BCUT2D eigenvalue weighted by atomic mass is 9.97. The van der Waals surface area contributed by atoms with Crippen molar-refractivity contribution >= 4 is 11.6 Å². The molecule has 2 aromatic rings. The van der Waals surface area contributed by atoms with E-state index in [1.54, 1.807) is 6.07 Å². The highest BCUT2D eigenvalue weighted by Crippen LogP contribution is 2.31. The maximum Gasteiger partial charge on any atom is 0.141 e. The zero-order chi connectivity index (χ0) is 14.1. The summed E-state index contributed by atoms with van der Waals surface area (Å²) in [6.45, 7) is 0.739. The van der Waals surface area contributed by atoms with Crippen molar-refractivity contribution in [1.29, 1.82) is 0 Å². The van der Waals surface area contributed by atoms with Crippen molar-refractivity contribution in [2.75, 3.05) is 6.61 Å². The number of hydrogen-bond donors (Lipinski definition) is 1. The maximum atomic E-state index is 13.2. The van der Waals surface area contributed by atoms with E-state index in [1.807, 2.05) is 18.2 Å². The third-order valence-corrected chi connectivity index (χ3v) is 3.80. The highest BCUT2D eigenvalue weighted by atomic mass is 35.5. The Hall–Kier alpha value is -1.58. The summed E-state index contributed by atoms with van der Waals surface area (Å²) in [6.07, 6.45) is 1.11. The van der Waals surface area contributed by atoms with Gasteiger partial charge in [0.2, 0.25) is 0 Å². The highest BCUT2D eigenvalue weighted by Gasteiger charge is 2.16. The first-order chi connectivity index (χ1) is 9.65. The molecular weight excluding hydrogens is 279 g/mol. The van der Waals surface area contributed by atoms with Gasteiger partial charge in [0.05, 0.1) is 11.6 Å². The van der Waals surface area contributed by atoms with Gasteiger partial charge in [-0.3, -0.25) is 0 Å². The Bertz CT molecular complexity index is 642. The van der Waals surface area contributed by atoms with Gasteiger partial charge in [-0.05, 0) is 53.8 Å². The second kappa shape index (κ2) is 5.43. The SMILES string of the molecule is OC(c1ccc(F)c(Cl)c1)c1ccc2c(c1)CCCO2. The van der Waals surface area contributed by atoms with E-state index < -0.39 is 11.9 Å². The summed E-state index contributed by atoms with van der Waals surface area (Å²) in [5, 5.41) is 10.4. The first-order valence-corrected chi connectivity index (χ1v) is 6.91. The zero-order valence-electron chi connectivity index (χ0n) is 10.8. The van der Waals surface area contributed by atoms with Crippen molar-refractivity contribution in [3.05, 3.63) is 63.9 Å². The van der Waals surface area contributed by atoms with E-state index >= 15 is 0 Å². The van der Waals surface area contributed by atoms with Crippen LogP contribution in [-0.2, 0) is 6.42 Å². The molecule has 0 saturated heterocycles. The molecule has 4 heteroatoms. The molecule has 1 N–H and O–H groups in total. The lowest BCUT2D eigenvalue weighted by Gasteiger charge is -2.19. The second-order valence-corrected chi connectivity index (χ2v) is 5.30. The quantitative estimate of drug-likeness (QED) is 0.910. The van der Waals surface area contributed by atoms with Gasteiger partial charge in [0.25, 0.3) is 0 Å². The molecule has 104 valence electrons. The van der Waals surface area contributed by atoms with Gasteiger partial charge in [-0.15, -0.1) is 0 Å². The summed E-state index contributed by atoms with van der Waals surface area (Å²) in [5.74, 6) is 0.394. The molecule has 0 radical (unpaired) electrons. The number of aryl methyl sites for hydroxylation is 1. The Morgan fingerprint density at radius 1 is 1.15 bits per heavy atom. The van der Waals surface area contributed by atoms with Gasteiger partial charge in [-0.1, -0.05) is 23.7 Å². The average Bonchev–Trinajstić information content (AvgIpc) is 2.49. The Kier molecular flexibility index (Phi) is 3.64. The number of benzene rings is 2. The van der Waals surface area contributed by atoms with Gasteiger partial charge in [0.1, 0.15) is 17.7 Å². The van der Waals surface area contributed by atoms with Crippen LogP contribution in [-0.4, -0.2) is 11.7 Å². The van der Waals surface area contributed by atoms with E-state index in [1.165, 1.54) is 12.1 Å². The van der Waals surface area contributed by atoms with E-state index in [9.17, 15) is 9.50 Å². The molecule has 2 nitrogen and oxygen atoms in total. The first-order valence-electron chi connectivity index (χ1n) is 6.54. The van der Waals surface area contributed by atoms with Crippen molar-refractivity contribution in [2.24, 2.45) is 0 Å². The van der Waals surface area contributed by atoms with E-state index in [0.717, 1.165) is 36.3 Å². The molecule has 0 bridgehead atoms. The molecule has 1 aliphatic heterocycles. The van der Waals surface area contributed by atoms with Gasteiger partial charge < -0.3 is 9.84 Å². The highest BCUT2D eigenvalue weighted by molar-refractivity contribution is 6.30. The van der Waals surface area contributed by atoms with Crippen LogP contribution in [0.4, 0.5) is 4.39 Å². The molecule has 0 aromatic heterocycles. The molecule has 1 aliphatic rings. The number of hydrogen-bond acceptors (Lipinski definition) is 2. The van der Waals surface area contributed by atoms with E-state index in [4.69, 9.17) is 16.3 Å². The molecule has 1 heterocycles. The molecule has 0 amide bonds. The first kappa shape index (κ1) is 13.4. The summed E-state index contributed by atoms with van der Waals surface area (Å²) in [4.78, 5) is 0. The number of ether oxygens (including phenoxy) is 1. The van der Waals surface area contributed by atoms with Gasteiger partial charge in [0, 0.05) is 0 Å². The van der Waals surface area contributed by atoms with Crippen LogP contribution in [0.1, 0.15) is 29.2 Å². The summed E-state index contributed by atoms with van der Waals surface area (Å²) < 4.78 is 18.7. The number of halogens is 2. The molecule has 1 atom stereocenters. The Balaban J connectivity index is 1.93. The zero-order valence-corrected chi connectivity index (χ0v) is 11.5. The normalized spacial score (nSPS) is 15.3. The molecule has 0 spiro atoms. The Morgan fingerprint density at radius 3 is 2.70 bits per heavy atom. The average molecular weight is 293 g/mol.